The molecular weight excluding hydrogens is 382 g/mol. The van der Waals surface area contributed by atoms with Crippen LogP contribution in [-0.2, 0) is 17.9 Å². The summed E-state index contributed by atoms with van der Waals surface area (Å²) in [6, 6.07) is 10.4. The van der Waals surface area contributed by atoms with Crippen molar-refractivity contribution in [3.8, 4) is 0 Å². The molecule has 4 rings (SSSR count). The number of thioether (sulfide) groups is 1. The summed E-state index contributed by atoms with van der Waals surface area (Å²) in [5, 5.41) is 9.83. The highest BCUT2D eigenvalue weighted by Gasteiger charge is 2.21. The van der Waals surface area contributed by atoms with Crippen molar-refractivity contribution in [2.75, 3.05) is 31.9 Å². The summed E-state index contributed by atoms with van der Waals surface area (Å²) in [5.41, 5.74) is 1.23. The fourth-order valence-corrected chi connectivity index (χ4v) is 5.01. The maximum atomic E-state index is 12.7. The van der Waals surface area contributed by atoms with Crippen LogP contribution in [0.3, 0.4) is 0 Å². The van der Waals surface area contributed by atoms with E-state index in [9.17, 15) is 4.79 Å². The molecule has 156 valence electrons. The number of amides is 1. The Morgan fingerprint density at radius 2 is 1.55 bits per heavy atom. The van der Waals surface area contributed by atoms with E-state index in [4.69, 9.17) is 0 Å². The predicted molar refractivity (Wildman–Crippen MR) is 116 cm³/mol. The van der Waals surface area contributed by atoms with Crippen molar-refractivity contribution in [1.82, 2.24) is 24.6 Å². The van der Waals surface area contributed by atoms with Crippen LogP contribution in [0, 0.1) is 0 Å². The van der Waals surface area contributed by atoms with E-state index < -0.39 is 0 Å². The lowest BCUT2D eigenvalue weighted by molar-refractivity contribution is -0.128. The van der Waals surface area contributed by atoms with Gasteiger partial charge in [0.1, 0.15) is 5.82 Å². The van der Waals surface area contributed by atoms with Crippen molar-refractivity contribution in [3.05, 3.63) is 41.7 Å². The van der Waals surface area contributed by atoms with Gasteiger partial charge in [0.15, 0.2) is 5.16 Å². The molecule has 2 aromatic rings. The minimum atomic E-state index is 0.229. The van der Waals surface area contributed by atoms with E-state index in [0.717, 1.165) is 63.1 Å². The highest BCUT2D eigenvalue weighted by Crippen LogP contribution is 2.22. The third-order valence-corrected chi connectivity index (χ3v) is 6.78. The first-order valence-electron chi connectivity index (χ1n) is 10.9. The van der Waals surface area contributed by atoms with Gasteiger partial charge in [-0.2, -0.15) is 0 Å². The first-order chi connectivity index (χ1) is 14.3. The fraction of sp³-hybridized carbons (Fsp3) is 0.591. The first-order valence-corrected chi connectivity index (χ1v) is 11.9. The van der Waals surface area contributed by atoms with E-state index in [1.807, 2.05) is 11.0 Å². The van der Waals surface area contributed by atoms with E-state index in [1.165, 1.54) is 43.0 Å². The van der Waals surface area contributed by atoms with E-state index in [-0.39, 0.29) is 5.91 Å². The second-order valence-electron chi connectivity index (χ2n) is 8.04. The minimum absolute atomic E-state index is 0.229. The molecule has 0 bridgehead atoms. The highest BCUT2D eigenvalue weighted by atomic mass is 32.2. The average molecular weight is 414 g/mol. The zero-order chi connectivity index (χ0) is 19.9. The topological polar surface area (TPSA) is 54.3 Å². The van der Waals surface area contributed by atoms with Crippen LogP contribution in [0.5, 0.6) is 0 Å². The second kappa shape index (κ2) is 10.3. The van der Waals surface area contributed by atoms with Gasteiger partial charge >= 0.3 is 0 Å². The standard InChI is InChI=1S/C22H31N5OS/c28-21(26-14-6-1-2-7-15-26)18-29-22-24-23-20(17-25-12-8-9-13-25)27(22)16-19-10-4-3-5-11-19/h3-5,10-11H,1-2,6-9,12-18H2. The number of benzene rings is 1. The Hall–Kier alpha value is -1.86. The van der Waals surface area contributed by atoms with E-state index in [2.05, 4.69) is 43.9 Å². The molecule has 1 aromatic carbocycles. The van der Waals surface area contributed by atoms with Gasteiger partial charge in [0, 0.05) is 13.1 Å². The van der Waals surface area contributed by atoms with Crippen molar-refractivity contribution in [1.29, 1.82) is 0 Å². The number of likely N-dealkylation sites (tertiary alicyclic amines) is 2. The molecule has 7 heteroatoms. The molecule has 0 unspecified atom stereocenters. The van der Waals surface area contributed by atoms with Crippen LogP contribution in [0.1, 0.15) is 49.9 Å². The van der Waals surface area contributed by atoms with Gasteiger partial charge in [-0.05, 0) is 44.3 Å². The van der Waals surface area contributed by atoms with E-state index in [0.29, 0.717) is 5.75 Å². The number of carbonyl (C=O) groups excluding carboxylic acids is 1. The second-order valence-corrected chi connectivity index (χ2v) is 8.98. The minimum Gasteiger partial charge on any atom is -0.342 e. The zero-order valence-electron chi connectivity index (χ0n) is 17.1. The SMILES string of the molecule is O=C(CSc1nnc(CN2CCCC2)n1Cc1ccccc1)N1CCCCCC1. The Labute approximate surface area is 177 Å². The van der Waals surface area contributed by atoms with Crippen molar-refractivity contribution in [2.24, 2.45) is 0 Å². The summed E-state index contributed by atoms with van der Waals surface area (Å²) >= 11 is 1.53. The first kappa shape index (κ1) is 20.4. The van der Waals surface area contributed by atoms with Crippen LogP contribution >= 0.6 is 11.8 Å². The van der Waals surface area contributed by atoms with Gasteiger partial charge < -0.3 is 9.47 Å². The maximum Gasteiger partial charge on any atom is 0.233 e. The Morgan fingerprint density at radius 3 is 2.28 bits per heavy atom. The van der Waals surface area contributed by atoms with Crippen LogP contribution < -0.4 is 0 Å². The van der Waals surface area contributed by atoms with Crippen LogP contribution in [0.4, 0.5) is 0 Å². The molecule has 29 heavy (non-hydrogen) atoms. The smallest absolute Gasteiger partial charge is 0.233 e. The summed E-state index contributed by atoms with van der Waals surface area (Å²) in [4.78, 5) is 17.2. The summed E-state index contributed by atoms with van der Waals surface area (Å²) in [5.74, 6) is 1.67. The van der Waals surface area contributed by atoms with Crippen LogP contribution in [-0.4, -0.2) is 62.4 Å². The van der Waals surface area contributed by atoms with Gasteiger partial charge in [-0.1, -0.05) is 54.9 Å². The summed E-state index contributed by atoms with van der Waals surface area (Å²) in [6.07, 6.45) is 7.25. The van der Waals surface area contributed by atoms with Crippen molar-refractivity contribution in [2.45, 2.75) is 56.8 Å². The summed E-state index contributed by atoms with van der Waals surface area (Å²) < 4.78 is 2.20. The van der Waals surface area contributed by atoms with Crippen molar-refractivity contribution >= 4 is 17.7 Å². The molecule has 0 spiro atoms. The van der Waals surface area contributed by atoms with Gasteiger partial charge in [0.2, 0.25) is 5.91 Å². The summed E-state index contributed by atoms with van der Waals surface area (Å²) in [6.45, 7) is 5.65. The third kappa shape index (κ3) is 5.60. The Morgan fingerprint density at radius 1 is 0.862 bits per heavy atom. The van der Waals surface area contributed by atoms with Gasteiger partial charge in [0.25, 0.3) is 0 Å². The zero-order valence-corrected chi connectivity index (χ0v) is 17.9. The molecule has 2 saturated heterocycles. The monoisotopic (exact) mass is 413 g/mol. The van der Waals surface area contributed by atoms with Gasteiger partial charge in [-0.15, -0.1) is 10.2 Å². The molecule has 6 nitrogen and oxygen atoms in total. The molecule has 2 fully saturated rings. The van der Waals surface area contributed by atoms with Crippen LogP contribution in [0.15, 0.2) is 35.5 Å². The molecule has 2 aliphatic heterocycles. The largest absolute Gasteiger partial charge is 0.342 e. The number of hydrogen-bond acceptors (Lipinski definition) is 5. The van der Waals surface area contributed by atoms with Gasteiger partial charge in [-0.3, -0.25) is 9.69 Å². The molecular formula is C22H31N5OS. The summed E-state index contributed by atoms with van der Waals surface area (Å²) in [7, 11) is 0. The number of hydrogen-bond donors (Lipinski definition) is 0. The van der Waals surface area contributed by atoms with E-state index in [1.54, 1.807) is 0 Å². The lowest BCUT2D eigenvalue weighted by atomic mass is 10.2. The number of carbonyl (C=O) groups is 1. The predicted octanol–water partition coefficient (Wildman–Crippen LogP) is 3.42. The molecule has 0 saturated carbocycles. The molecule has 0 atom stereocenters. The number of nitrogens with zero attached hydrogens (tertiary/aromatic N) is 5. The molecule has 0 N–H and O–H groups in total. The molecule has 0 aliphatic carbocycles. The lowest BCUT2D eigenvalue weighted by Crippen LogP contribution is -2.33. The fourth-order valence-electron chi connectivity index (χ4n) is 4.15. The third-order valence-electron chi connectivity index (χ3n) is 5.82. The average Bonchev–Trinajstić information content (AvgIpc) is 3.29. The molecule has 1 amide bonds. The lowest BCUT2D eigenvalue weighted by Gasteiger charge is -2.20. The Bertz CT molecular complexity index is 780. The van der Waals surface area contributed by atoms with Gasteiger partial charge in [0.05, 0.1) is 18.8 Å². The number of rotatable bonds is 7. The van der Waals surface area contributed by atoms with Crippen molar-refractivity contribution in [3.63, 3.8) is 0 Å². The maximum absolute atomic E-state index is 12.7. The van der Waals surface area contributed by atoms with Gasteiger partial charge in [-0.25, -0.2) is 0 Å². The van der Waals surface area contributed by atoms with E-state index >= 15 is 0 Å². The number of aromatic nitrogens is 3. The van der Waals surface area contributed by atoms with Crippen molar-refractivity contribution < 1.29 is 4.79 Å². The van der Waals surface area contributed by atoms with Crippen LogP contribution in [0.25, 0.3) is 0 Å². The van der Waals surface area contributed by atoms with Crippen LogP contribution in [0.2, 0.25) is 0 Å². The molecule has 1 aromatic heterocycles. The molecule has 2 aliphatic rings. The quantitative estimate of drug-likeness (QED) is 0.651. The molecule has 0 radical (unpaired) electrons. The normalized spacial score (nSPS) is 18.1. The highest BCUT2D eigenvalue weighted by molar-refractivity contribution is 7.99. The molecule has 3 heterocycles. The Kier molecular flexibility index (Phi) is 7.22. The Balaban J connectivity index is 1.46.